The van der Waals surface area contributed by atoms with Crippen LogP contribution in [-0.2, 0) is 9.53 Å². The van der Waals surface area contributed by atoms with Gasteiger partial charge in [-0.3, -0.25) is 4.79 Å². The first kappa shape index (κ1) is 13.5. The monoisotopic (exact) mass is 294 g/mol. The van der Waals surface area contributed by atoms with Gasteiger partial charge >= 0.3 is 5.97 Å². The van der Waals surface area contributed by atoms with Crippen LogP contribution in [0.15, 0.2) is 41.5 Å². The molecule has 0 aliphatic carbocycles. The topological polar surface area (TPSA) is 63.6 Å². The second-order valence-electron chi connectivity index (χ2n) is 3.53. The van der Waals surface area contributed by atoms with Crippen molar-refractivity contribution in [2.45, 2.75) is 0 Å². The summed E-state index contributed by atoms with van der Waals surface area (Å²) in [6, 6.07) is 7.41. The number of ketones is 1. The molecule has 2 aromatic rings. The van der Waals surface area contributed by atoms with Crippen LogP contribution < -0.4 is 0 Å². The van der Waals surface area contributed by atoms with E-state index in [9.17, 15) is 14.7 Å². The largest absolute Gasteiger partial charge is 0.502 e. The summed E-state index contributed by atoms with van der Waals surface area (Å²) in [5, 5.41) is 11.3. The zero-order valence-corrected chi connectivity index (χ0v) is 11.6. The number of hydrogen-bond acceptors (Lipinski definition) is 6. The van der Waals surface area contributed by atoms with Crippen LogP contribution in [0.4, 0.5) is 0 Å². The lowest BCUT2D eigenvalue weighted by Crippen LogP contribution is -2.06. The Bertz CT molecular complexity index is 623. The molecule has 0 saturated carbocycles. The summed E-state index contributed by atoms with van der Waals surface area (Å²) >= 11 is 2.90. The van der Waals surface area contributed by atoms with E-state index in [0.29, 0.717) is 4.88 Å². The number of aliphatic hydroxyl groups excluding tert-OH is 1. The number of aliphatic hydroxyl groups is 1. The van der Waals surface area contributed by atoms with Gasteiger partial charge in [0.1, 0.15) is 0 Å². The molecule has 0 saturated heterocycles. The molecular formula is C13H10O4S2. The second-order valence-corrected chi connectivity index (χ2v) is 5.56. The number of ether oxygens (including phenoxy) is 1. The quantitative estimate of drug-likeness (QED) is 0.407. The smallest absolute Gasteiger partial charge is 0.373 e. The van der Waals surface area contributed by atoms with Crippen LogP contribution in [0.2, 0.25) is 0 Å². The Hall–Kier alpha value is -1.92. The van der Waals surface area contributed by atoms with Gasteiger partial charge in [0.2, 0.25) is 5.76 Å². The van der Waals surface area contributed by atoms with Crippen molar-refractivity contribution in [2.75, 3.05) is 7.11 Å². The van der Waals surface area contributed by atoms with Crippen molar-refractivity contribution in [3.63, 3.8) is 0 Å². The highest BCUT2D eigenvalue weighted by atomic mass is 32.1. The summed E-state index contributed by atoms with van der Waals surface area (Å²) in [7, 11) is 1.14. The Kier molecular flexibility index (Phi) is 4.13. The molecule has 0 aromatic carbocycles. The van der Waals surface area contributed by atoms with Crippen LogP contribution in [0.25, 0.3) is 9.75 Å². The lowest BCUT2D eigenvalue weighted by Gasteiger charge is -1.96. The van der Waals surface area contributed by atoms with Crippen LogP contribution >= 0.6 is 22.7 Å². The van der Waals surface area contributed by atoms with Crippen molar-refractivity contribution in [2.24, 2.45) is 0 Å². The van der Waals surface area contributed by atoms with Gasteiger partial charge in [-0.15, -0.1) is 22.7 Å². The maximum Gasteiger partial charge on any atom is 0.373 e. The Morgan fingerprint density at radius 1 is 1.26 bits per heavy atom. The summed E-state index contributed by atoms with van der Waals surface area (Å²) in [4.78, 5) is 25.3. The second kappa shape index (κ2) is 5.81. The highest BCUT2D eigenvalue weighted by Gasteiger charge is 2.13. The standard InChI is InChI=1S/C13H10O4S2/c1-17-13(16)9(15)7-8(14)10-4-5-12(19-10)11-3-2-6-18-11/h2-7,15H,1H3. The molecule has 2 rings (SSSR count). The molecule has 0 spiro atoms. The zero-order valence-electron chi connectivity index (χ0n) is 9.95. The van der Waals surface area contributed by atoms with E-state index in [2.05, 4.69) is 4.74 Å². The maximum absolute atomic E-state index is 11.8. The van der Waals surface area contributed by atoms with Gasteiger partial charge in [0.05, 0.1) is 12.0 Å². The molecule has 0 aliphatic heterocycles. The number of thiophene rings is 2. The fraction of sp³-hybridized carbons (Fsp3) is 0.0769. The lowest BCUT2D eigenvalue weighted by molar-refractivity contribution is -0.139. The van der Waals surface area contributed by atoms with Gasteiger partial charge < -0.3 is 9.84 Å². The Morgan fingerprint density at radius 2 is 2.05 bits per heavy atom. The summed E-state index contributed by atoms with van der Waals surface area (Å²) in [5.41, 5.74) is 0. The van der Waals surface area contributed by atoms with Gasteiger partial charge in [0, 0.05) is 15.8 Å². The first-order valence-electron chi connectivity index (χ1n) is 5.29. The molecule has 98 valence electrons. The van der Waals surface area contributed by atoms with Crippen molar-refractivity contribution >= 4 is 34.4 Å². The maximum atomic E-state index is 11.8. The van der Waals surface area contributed by atoms with E-state index in [1.165, 1.54) is 11.3 Å². The van der Waals surface area contributed by atoms with E-state index in [0.717, 1.165) is 22.9 Å². The Morgan fingerprint density at radius 3 is 2.68 bits per heavy atom. The minimum Gasteiger partial charge on any atom is -0.502 e. The zero-order chi connectivity index (χ0) is 13.8. The molecular weight excluding hydrogens is 284 g/mol. The number of allylic oxidation sites excluding steroid dienone is 1. The van der Waals surface area contributed by atoms with Crippen LogP contribution in [0.1, 0.15) is 9.67 Å². The van der Waals surface area contributed by atoms with Gasteiger partial charge in [-0.05, 0) is 23.6 Å². The number of carbonyl (C=O) groups excluding carboxylic acids is 2. The highest BCUT2D eigenvalue weighted by Crippen LogP contribution is 2.31. The number of carbonyl (C=O) groups is 2. The SMILES string of the molecule is COC(=O)C(O)=CC(=O)c1ccc(-c2cccs2)s1. The van der Waals surface area contributed by atoms with E-state index in [-0.39, 0.29) is 0 Å². The highest BCUT2D eigenvalue weighted by molar-refractivity contribution is 7.22. The van der Waals surface area contributed by atoms with Crippen molar-refractivity contribution in [1.82, 2.24) is 0 Å². The minimum absolute atomic E-state index is 0.421. The number of rotatable bonds is 4. The predicted molar refractivity (Wildman–Crippen MR) is 74.7 cm³/mol. The van der Waals surface area contributed by atoms with Gasteiger partial charge in [0.25, 0.3) is 0 Å². The van der Waals surface area contributed by atoms with Crippen LogP contribution in [0.3, 0.4) is 0 Å². The number of esters is 1. The molecule has 2 aromatic heterocycles. The van der Waals surface area contributed by atoms with Gasteiger partial charge in [-0.25, -0.2) is 4.79 Å². The summed E-state index contributed by atoms with van der Waals surface area (Å²) in [5.74, 6) is -2.04. The molecule has 0 aliphatic rings. The third-order valence-corrected chi connectivity index (χ3v) is 4.44. The van der Waals surface area contributed by atoms with Crippen molar-refractivity contribution in [3.8, 4) is 9.75 Å². The molecule has 0 atom stereocenters. The van der Waals surface area contributed by atoms with Gasteiger partial charge in [-0.2, -0.15) is 0 Å². The van der Waals surface area contributed by atoms with Gasteiger partial charge in [0.15, 0.2) is 5.78 Å². The van der Waals surface area contributed by atoms with Crippen LogP contribution in [-0.4, -0.2) is 24.0 Å². The lowest BCUT2D eigenvalue weighted by atomic mass is 10.2. The molecule has 2 heterocycles. The normalized spacial score (nSPS) is 11.3. The molecule has 4 nitrogen and oxygen atoms in total. The van der Waals surface area contributed by atoms with Crippen molar-refractivity contribution < 1.29 is 19.4 Å². The van der Waals surface area contributed by atoms with Crippen LogP contribution in [0, 0.1) is 0 Å². The van der Waals surface area contributed by atoms with E-state index >= 15 is 0 Å². The molecule has 0 amide bonds. The average Bonchev–Trinajstić information content (AvgIpc) is 3.07. The molecule has 6 heteroatoms. The van der Waals surface area contributed by atoms with Crippen LogP contribution in [0.5, 0.6) is 0 Å². The van der Waals surface area contributed by atoms with Gasteiger partial charge in [-0.1, -0.05) is 6.07 Å². The fourth-order valence-corrected chi connectivity index (χ4v) is 3.13. The van der Waals surface area contributed by atoms with E-state index in [4.69, 9.17) is 0 Å². The molecule has 19 heavy (non-hydrogen) atoms. The number of hydrogen-bond donors (Lipinski definition) is 1. The number of methoxy groups -OCH3 is 1. The summed E-state index contributed by atoms with van der Waals surface area (Å²) < 4.78 is 4.31. The van der Waals surface area contributed by atoms with E-state index in [1.54, 1.807) is 17.4 Å². The third kappa shape index (κ3) is 3.10. The molecule has 0 bridgehead atoms. The Balaban J connectivity index is 2.19. The van der Waals surface area contributed by atoms with E-state index < -0.39 is 17.5 Å². The first-order chi connectivity index (χ1) is 9.11. The molecule has 0 fully saturated rings. The van der Waals surface area contributed by atoms with Crippen molar-refractivity contribution in [3.05, 3.63) is 46.4 Å². The third-order valence-electron chi connectivity index (χ3n) is 2.28. The molecule has 1 N–H and O–H groups in total. The predicted octanol–water partition coefficient (Wildman–Crippen LogP) is 3.27. The molecule has 0 radical (unpaired) electrons. The first-order valence-corrected chi connectivity index (χ1v) is 6.98. The van der Waals surface area contributed by atoms with E-state index in [1.807, 2.05) is 23.6 Å². The summed E-state index contributed by atoms with van der Waals surface area (Å²) in [6.07, 6.45) is 0.871. The Labute approximate surface area is 117 Å². The fourth-order valence-electron chi connectivity index (χ4n) is 1.38. The average molecular weight is 294 g/mol. The van der Waals surface area contributed by atoms with Crippen molar-refractivity contribution in [1.29, 1.82) is 0 Å². The molecule has 0 unspecified atom stereocenters. The minimum atomic E-state index is -0.927. The summed E-state index contributed by atoms with van der Waals surface area (Å²) in [6.45, 7) is 0.